The van der Waals surface area contributed by atoms with Crippen LogP contribution in [0.5, 0.6) is 0 Å². The van der Waals surface area contributed by atoms with Crippen LogP contribution in [0.15, 0.2) is 24.3 Å². The average molecular weight is 258 g/mol. The predicted octanol–water partition coefficient (Wildman–Crippen LogP) is 4.99. The quantitative estimate of drug-likeness (QED) is 0.698. The molecule has 1 nitrogen and oxygen atoms in total. The number of ketones is 1. The summed E-state index contributed by atoms with van der Waals surface area (Å²) in [6.45, 7) is 8.83. The summed E-state index contributed by atoms with van der Waals surface area (Å²) in [5.41, 5.74) is 2.35. The molecule has 19 heavy (non-hydrogen) atoms. The van der Waals surface area contributed by atoms with Crippen LogP contribution in [-0.4, -0.2) is 5.78 Å². The highest BCUT2D eigenvalue weighted by atomic mass is 16.1. The molecule has 1 aromatic carbocycles. The van der Waals surface area contributed by atoms with E-state index in [4.69, 9.17) is 0 Å². The van der Waals surface area contributed by atoms with Crippen molar-refractivity contribution in [3.05, 3.63) is 35.4 Å². The minimum absolute atomic E-state index is 0.155. The molecule has 1 saturated carbocycles. The van der Waals surface area contributed by atoms with Gasteiger partial charge < -0.3 is 0 Å². The molecule has 0 saturated heterocycles. The summed E-state index contributed by atoms with van der Waals surface area (Å²) < 4.78 is 0. The molecule has 0 bridgehead atoms. The van der Waals surface area contributed by atoms with Gasteiger partial charge in [0, 0.05) is 11.5 Å². The lowest BCUT2D eigenvalue weighted by molar-refractivity contribution is 0.0920. The fraction of sp³-hybridized carbons (Fsp3) is 0.611. The number of benzene rings is 1. The van der Waals surface area contributed by atoms with Crippen LogP contribution in [-0.2, 0) is 5.41 Å². The molecule has 1 heteroatoms. The Morgan fingerprint density at radius 2 is 1.79 bits per heavy atom. The predicted molar refractivity (Wildman–Crippen MR) is 80.6 cm³/mol. The van der Waals surface area contributed by atoms with E-state index in [1.807, 2.05) is 12.1 Å². The highest BCUT2D eigenvalue weighted by Gasteiger charge is 2.29. The van der Waals surface area contributed by atoms with Gasteiger partial charge in [0.05, 0.1) is 0 Å². The first-order valence-electron chi connectivity index (χ1n) is 7.56. The van der Waals surface area contributed by atoms with Crippen molar-refractivity contribution in [3.8, 4) is 0 Å². The Morgan fingerprint density at radius 1 is 1.16 bits per heavy atom. The maximum absolute atomic E-state index is 12.5. The van der Waals surface area contributed by atoms with Crippen LogP contribution in [0, 0.1) is 11.8 Å². The van der Waals surface area contributed by atoms with Crippen LogP contribution in [0.3, 0.4) is 0 Å². The van der Waals surface area contributed by atoms with Gasteiger partial charge in [0.2, 0.25) is 0 Å². The number of carbonyl (C=O) groups is 1. The largest absolute Gasteiger partial charge is 0.294 e. The molecule has 0 amide bonds. The van der Waals surface area contributed by atoms with Gasteiger partial charge in [0.15, 0.2) is 5.78 Å². The summed E-state index contributed by atoms with van der Waals surface area (Å²) in [5.74, 6) is 1.39. The Bertz CT molecular complexity index is 436. The van der Waals surface area contributed by atoms with Gasteiger partial charge in [-0.05, 0) is 36.2 Å². The molecule has 0 radical (unpaired) electrons. The Labute approximate surface area is 117 Å². The van der Waals surface area contributed by atoms with Crippen LogP contribution in [0.4, 0.5) is 0 Å². The summed E-state index contributed by atoms with van der Waals surface area (Å²) in [7, 11) is 0. The van der Waals surface area contributed by atoms with Crippen molar-refractivity contribution >= 4 is 5.78 Å². The summed E-state index contributed by atoms with van der Waals surface area (Å²) in [6.07, 6.45) is 4.62. The number of rotatable bonds is 3. The highest BCUT2D eigenvalue weighted by Crippen LogP contribution is 2.35. The number of hydrogen-bond donors (Lipinski definition) is 0. The van der Waals surface area contributed by atoms with E-state index in [0.29, 0.717) is 5.78 Å². The second kappa shape index (κ2) is 5.48. The third kappa shape index (κ3) is 3.26. The van der Waals surface area contributed by atoms with Crippen LogP contribution in [0.2, 0.25) is 0 Å². The number of carbonyl (C=O) groups excluding carboxylic acids is 1. The molecule has 0 spiro atoms. The molecule has 2 atom stereocenters. The summed E-state index contributed by atoms with van der Waals surface area (Å²) >= 11 is 0. The Balaban J connectivity index is 2.08. The molecule has 0 aromatic heterocycles. The fourth-order valence-corrected chi connectivity index (χ4v) is 3.05. The van der Waals surface area contributed by atoms with Gasteiger partial charge in [-0.3, -0.25) is 4.79 Å². The molecular formula is C18H26O. The van der Waals surface area contributed by atoms with Crippen molar-refractivity contribution < 1.29 is 4.79 Å². The van der Waals surface area contributed by atoms with E-state index in [1.54, 1.807) is 0 Å². The average Bonchev–Trinajstić information content (AvgIpc) is 2.86. The first kappa shape index (κ1) is 14.3. The molecule has 1 aliphatic rings. The molecule has 104 valence electrons. The maximum Gasteiger partial charge on any atom is 0.165 e. The molecule has 0 heterocycles. The van der Waals surface area contributed by atoms with E-state index in [9.17, 15) is 4.79 Å². The second-order valence-corrected chi connectivity index (χ2v) is 6.98. The Kier molecular flexibility index (Phi) is 4.13. The van der Waals surface area contributed by atoms with Gasteiger partial charge in [-0.25, -0.2) is 0 Å². The smallest absolute Gasteiger partial charge is 0.165 e. The maximum atomic E-state index is 12.5. The second-order valence-electron chi connectivity index (χ2n) is 6.98. The zero-order valence-corrected chi connectivity index (χ0v) is 12.7. The summed E-state index contributed by atoms with van der Waals surface area (Å²) in [5, 5.41) is 0. The Morgan fingerprint density at radius 3 is 2.26 bits per heavy atom. The van der Waals surface area contributed by atoms with Crippen molar-refractivity contribution in [3.63, 3.8) is 0 Å². The van der Waals surface area contributed by atoms with Gasteiger partial charge in [-0.15, -0.1) is 0 Å². The number of hydrogen-bond acceptors (Lipinski definition) is 1. The molecule has 0 N–H and O–H groups in total. The third-order valence-corrected chi connectivity index (χ3v) is 4.52. The van der Waals surface area contributed by atoms with Crippen molar-refractivity contribution in [2.45, 2.75) is 58.8 Å². The van der Waals surface area contributed by atoms with Gasteiger partial charge in [-0.2, -0.15) is 0 Å². The van der Waals surface area contributed by atoms with Crippen molar-refractivity contribution in [2.75, 3.05) is 0 Å². The van der Waals surface area contributed by atoms with Crippen LogP contribution < -0.4 is 0 Å². The lowest BCUT2D eigenvalue weighted by atomic mass is 9.85. The molecule has 2 rings (SSSR count). The van der Waals surface area contributed by atoms with E-state index < -0.39 is 0 Å². The zero-order valence-electron chi connectivity index (χ0n) is 12.7. The third-order valence-electron chi connectivity index (χ3n) is 4.52. The van der Waals surface area contributed by atoms with Gasteiger partial charge in [0.25, 0.3) is 0 Å². The van der Waals surface area contributed by atoms with Gasteiger partial charge in [-0.1, -0.05) is 58.4 Å². The minimum Gasteiger partial charge on any atom is -0.294 e. The summed E-state index contributed by atoms with van der Waals surface area (Å²) in [6, 6.07) is 8.25. The van der Waals surface area contributed by atoms with Crippen LogP contribution in [0.1, 0.15) is 69.3 Å². The normalized spacial score (nSPS) is 23.6. The van der Waals surface area contributed by atoms with E-state index in [0.717, 1.165) is 24.3 Å². The lowest BCUT2D eigenvalue weighted by Crippen LogP contribution is -2.14. The Hall–Kier alpha value is -1.11. The lowest BCUT2D eigenvalue weighted by Gasteiger charge is -2.19. The minimum atomic E-state index is 0.155. The number of Topliss-reactive ketones (excluding diaryl/α,β-unsaturated/α-hetero) is 1. The molecule has 1 aromatic rings. The first-order valence-corrected chi connectivity index (χ1v) is 7.56. The topological polar surface area (TPSA) is 17.1 Å². The molecular weight excluding hydrogens is 232 g/mol. The van der Waals surface area contributed by atoms with Crippen LogP contribution >= 0.6 is 0 Å². The monoisotopic (exact) mass is 258 g/mol. The van der Waals surface area contributed by atoms with Crippen LogP contribution in [0.25, 0.3) is 0 Å². The highest BCUT2D eigenvalue weighted by molar-refractivity contribution is 5.98. The molecule has 2 unspecified atom stereocenters. The van der Waals surface area contributed by atoms with E-state index >= 15 is 0 Å². The van der Waals surface area contributed by atoms with E-state index in [1.165, 1.54) is 18.4 Å². The standard InChI is InChI=1S/C18H26O/c1-5-13-6-7-15(12-13)17(19)14-8-10-16(11-9-14)18(2,3)4/h8-11,13,15H,5-7,12H2,1-4H3. The summed E-state index contributed by atoms with van der Waals surface area (Å²) in [4.78, 5) is 12.5. The van der Waals surface area contributed by atoms with Crippen molar-refractivity contribution in [1.29, 1.82) is 0 Å². The molecule has 0 aliphatic heterocycles. The first-order chi connectivity index (χ1) is 8.91. The molecule has 1 fully saturated rings. The van der Waals surface area contributed by atoms with E-state index in [-0.39, 0.29) is 11.3 Å². The SMILES string of the molecule is CCC1CCC(C(=O)c2ccc(C(C)(C)C)cc2)C1. The zero-order chi connectivity index (χ0) is 14.0. The van der Waals surface area contributed by atoms with Crippen molar-refractivity contribution in [2.24, 2.45) is 11.8 Å². The van der Waals surface area contributed by atoms with Gasteiger partial charge in [0.1, 0.15) is 0 Å². The molecule has 1 aliphatic carbocycles. The van der Waals surface area contributed by atoms with Crippen molar-refractivity contribution in [1.82, 2.24) is 0 Å². The van der Waals surface area contributed by atoms with Gasteiger partial charge >= 0.3 is 0 Å². The fourth-order valence-electron chi connectivity index (χ4n) is 3.05. The van der Waals surface area contributed by atoms with E-state index in [2.05, 4.69) is 39.8 Å².